The number of carbonyl (C=O) groups excluding carboxylic acids is 1. The Bertz CT molecular complexity index is 517. The lowest BCUT2D eigenvalue weighted by atomic mass is 10.0. The lowest BCUT2D eigenvalue weighted by Gasteiger charge is -2.26. The van der Waals surface area contributed by atoms with Gasteiger partial charge in [0.1, 0.15) is 0 Å². The quantitative estimate of drug-likeness (QED) is 0.916. The topological polar surface area (TPSA) is 49.6 Å². The van der Waals surface area contributed by atoms with E-state index in [1.165, 1.54) is 12.8 Å². The molecule has 2 aliphatic rings. The first-order chi connectivity index (χ1) is 10.2. The molecule has 1 aromatic carbocycles. The highest BCUT2D eigenvalue weighted by molar-refractivity contribution is 5.95. The molecule has 2 heterocycles. The van der Waals surface area contributed by atoms with Gasteiger partial charge in [-0.25, -0.2) is 0 Å². The van der Waals surface area contributed by atoms with Crippen LogP contribution in [0.1, 0.15) is 35.2 Å². The van der Waals surface area contributed by atoms with E-state index in [1.807, 2.05) is 24.3 Å². The van der Waals surface area contributed by atoms with Gasteiger partial charge in [-0.1, -0.05) is 18.2 Å². The molecule has 0 aromatic heterocycles. The Morgan fingerprint density at radius 3 is 2.81 bits per heavy atom. The van der Waals surface area contributed by atoms with Crippen LogP contribution in [0, 0.1) is 0 Å². The van der Waals surface area contributed by atoms with Crippen LogP contribution in [0.15, 0.2) is 24.3 Å². The zero-order valence-corrected chi connectivity index (χ0v) is 12.8. The highest BCUT2D eigenvalue weighted by Crippen LogP contribution is 2.29. The third kappa shape index (κ3) is 2.83. The van der Waals surface area contributed by atoms with Crippen molar-refractivity contribution in [2.24, 2.45) is 5.73 Å². The summed E-state index contributed by atoms with van der Waals surface area (Å²) in [5.74, 6) is 0.181. The van der Waals surface area contributed by atoms with Crippen LogP contribution in [0.25, 0.3) is 0 Å². The van der Waals surface area contributed by atoms with Crippen LogP contribution in [-0.4, -0.2) is 54.5 Å². The fourth-order valence-corrected chi connectivity index (χ4v) is 3.77. The van der Waals surface area contributed by atoms with Crippen LogP contribution in [0.4, 0.5) is 0 Å². The fourth-order valence-electron chi connectivity index (χ4n) is 3.77. The summed E-state index contributed by atoms with van der Waals surface area (Å²) in [6.45, 7) is 2.32. The lowest BCUT2D eigenvalue weighted by molar-refractivity contribution is 0.0739. The minimum atomic E-state index is 0.181. The first-order valence-electron chi connectivity index (χ1n) is 8.00. The van der Waals surface area contributed by atoms with Crippen molar-refractivity contribution in [2.45, 2.75) is 37.8 Å². The molecular weight excluding hydrogens is 262 g/mol. The Kier molecular flexibility index (Phi) is 4.27. The largest absolute Gasteiger partial charge is 0.337 e. The van der Waals surface area contributed by atoms with Crippen molar-refractivity contribution in [1.82, 2.24) is 9.80 Å². The molecule has 0 saturated carbocycles. The first-order valence-corrected chi connectivity index (χ1v) is 8.00. The van der Waals surface area contributed by atoms with Crippen molar-refractivity contribution in [3.05, 3.63) is 35.4 Å². The number of likely N-dealkylation sites (tertiary alicyclic amines) is 1. The molecule has 2 N–H and O–H groups in total. The summed E-state index contributed by atoms with van der Waals surface area (Å²) in [4.78, 5) is 17.4. The number of hydrogen-bond donors (Lipinski definition) is 1. The molecule has 114 valence electrons. The van der Waals surface area contributed by atoms with Gasteiger partial charge in [-0.15, -0.1) is 0 Å². The summed E-state index contributed by atoms with van der Waals surface area (Å²) in [5.41, 5.74) is 7.58. The molecule has 0 spiro atoms. The number of benzene rings is 1. The lowest BCUT2D eigenvalue weighted by Crippen LogP contribution is -2.40. The molecular formula is C17H25N3O. The van der Waals surface area contributed by atoms with Crippen molar-refractivity contribution in [3.8, 4) is 0 Å². The van der Waals surface area contributed by atoms with Crippen molar-refractivity contribution in [3.63, 3.8) is 0 Å². The maximum absolute atomic E-state index is 12.9. The van der Waals surface area contributed by atoms with Gasteiger partial charge in [0, 0.05) is 30.7 Å². The molecule has 3 rings (SSSR count). The Labute approximate surface area is 126 Å². The van der Waals surface area contributed by atoms with Gasteiger partial charge >= 0.3 is 0 Å². The predicted octanol–water partition coefficient (Wildman–Crippen LogP) is 1.50. The van der Waals surface area contributed by atoms with Gasteiger partial charge in [0.2, 0.25) is 0 Å². The van der Waals surface area contributed by atoms with E-state index in [0.29, 0.717) is 18.6 Å². The van der Waals surface area contributed by atoms with Gasteiger partial charge in [0.05, 0.1) is 0 Å². The van der Waals surface area contributed by atoms with Crippen molar-refractivity contribution < 1.29 is 4.79 Å². The molecule has 2 saturated heterocycles. The normalized spacial score (nSPS) is 25.9. The summed E-state index contributed by atoms with van der Waals surface area (Å²) in [7, 11) is 2.21. The van der Waals surface area contributed by atoms with Crippen molar-refractivity contribution in [1.29, 1.82) is 0 Å². The predicted molar refractivity (Wildman–Crippen MR) is 84.3 cm³/mol. The van der Waals surface area contributed by atoms with E-state index >= 15 is 0 Å². The number of nitrogens with zero attached hydrogens (tertiary/aromatic N) is 2. The van der Waals surface area contributed by atoms with Gasteiger partial charge in [-0.05, 0) is 50.9 Å². The second-order valence-corrected chi connectivity index (χ2v) is 6.29. The third-order valence-electron chi connectivity index (χ3n) is 5.10. The molecule has 2 fully saturated rings. The number of nitrogens with two attached hydrogens (primary N) is 1. The fraction of sp³-hybridized carbons (Fsp3) is 0.588. The van der Waals surface area contributed by atoms with Crippen LogP contribution in [-0.2, 0) is 6.42 Å². The van der Waals surface area contributed by atoms with Crippen LogP contribution < -0.4 is 5.73 Å². The van der Waals surface area contributed by atoms with Crippen LogP contribution in [0.5, 0.6) is 0 Å². The summed E-state index contributed by atoms with van der Waals surface area (Å²) < 4.78 is 0. The summed E-state index contributed by atoms with van der Waals surface area (Å²) in [5, 5.41) is 0. The smallest absolute Gasteiger partial charge is 0.254 e. The Balaban J connectivity index is 1.79. The van der Waals surface area contributed by atoms with Crippen LogP contribution >= 0.6 is 0 Å². The van der Waals surface area contributed by atoms with Gasteiger partial charge in [0.15, 0.2) is 0 Å². The molecule has 2 aliphatic heterocycles. The van der Waals surface area contributed by atoms with Crippen LogP contribution in [0.3, 0.4) is 0 Å². The van der Waals surface area contributed by atoms with E-state index in [4.69, 9.17) is 5.73 Å². The standard InChI is InChI=1S/C17H25N3O/c1-19-14-6-7-15(19)12-20(11-9-14)17(21)16-5-3-2-4-13(16)8-10-18/h2-5,14-15H,6-12,18H2,1H3. The molecule has 2 unspecified atom stereocenters. The van der Waals surface area contributed by atoms with Gasteiger partial charge < -0.3 is 10.6 Å². The molecule has 2 atom stereocenters. The van der Waals surface area contributed by atoms with Gasteiger partial charge in [-0.3, -0.25) is 9.69 Å². The zero-order valence-electron chi connectivity index (χ0n) is 12.8. The van der Waals surface area contributed by atoms with E-state index in [0.717, 1.165) is 37.1 Å². The van der Waals surface area contributed by atoms with Crippen molar-refractivity contribution >= 4 is 5.91 Å². The number of rotatable bonds is 3. The molecule has 0 aliphatic carbocycles. The number of amides is 1. The molecule has 0 radical (unpaired) electrons. The molecule has 1 aromatic rings. The van der Waals surface area contributed by atoms with E-state index in [9.17, 15) is 4.79 Å². The molecule has 4 nitrogen and oxygen atoms in total. The van der Waals surface area contributed by atoms with E-state index in [2.05, 4.69) is 16.8 Å². The minimum absolute atomic E-state index is 0.181. The summed E-state index contributed by atoms with van der Waals surface area (Å²) in [6.07, 6.45) is 4.36. The Morgan fingerprint density at radius 1 is 1.24 bits per heavy atom. The second kappa shape index (κ2) is 6.16. The number of hydrogen-bond acceptors (Lipinski definition) is 3. The Morgan fingerprint density at radius 2 is 2.00 bits per heavy atom. The number of fused-ring (bicyclic) bond motifs is 2. The SMILES string of the molecule is CN1C2CCC1CN(C(=O)c1ccccc1CCN)CC2. The maximum Gasteiger partial charge on any atom is 0.254 e. The number of likely N-dealkylation sites (N-methyl/N-ethyl adjacent to an activating group) is 1. The van der Waals surface area contributed by atoms with E-state index in [1.54, 1.807) is 0 Å². The molecule has 21 heavy (non-hydrogen) atoms. The minimum Gasteiger partial charge on any atom is -0.337 e. The monoisotopic (exact) mass is 287 g/mol. The molecule has 4 heteroatoms. The highest BCUT2D eigenvalue weighted by atomic mass is 16.2. The Hall–Kier alpha value is -1.39. The summed E-state index contributed by atoms with van der Waals surface area (Å²) >= 11 is 0. The van der Waals surface area contributed by atoms with E-state index in [-0.39, 0.29) is 5.91 Å². The van der Waals surface area contributed by atoms with Crippen molar-refractivity contribution in [2.75, 3.05) is 26.7 Å². The molecule has 1 amide bonds. The average Bonchev–Trinajstić information content (AvgIpc) is 2.72. The van der Waals surface area contributed by atoms with Gasteiger partial charge in [0.25, 0.3) is 5.91 Å². The van der Waals surface area contributed by atoms with E-state index < -0.39 is 0 Å². The highest BCUT2D eigenvalue weighted by Gasteiger charge is 2.36. The second-order valence-electron chi connectivity index (χ2n) is 6.29. The van der Waals surface area contributed by atoms with Crippen LogP contribution in [0.2, 0.25) is 0 Å². The maximum atomic E-state index is 12.9. The third-order valence-corrected chi connectivity index (χ3v) is 5.10. The first kappa shape index (κ1) is 14.5. The zero-order chi connectivity index (χ0) is 14.8. The summed E-state index contributed by atoms with van der Waals surface area (Å²) in [6, 6.07) is 9.09. The average molecular weight is 287 g/mol. The number of carbonyl (C=O) groups is 1. The molecule has 2 bridgehead atoms. The van der Waals surface area contributed by atoms with Gasteiger partial charge in [-0.2, -0.15) is 0 Å².